The van der Waals surface area contributed by atoms with Crippen LogP contribution >= 0.6 is 0 Å². The third-order valence-electron chi connectivity index (χ3n) is 3.75. The Morgan fingerprint density at radius 2 is 1.70 bits per heavy atom. The zero-order valence-corrected chi connectivity index (χ0v) is 19.3. The molecular formula is C22H21KN3O-. The molecule has 0 bridgehead atoms. The average Bonchev–Trinajstić information content (AvgIpc) is 3.18. The van der Waals surface area contributed by atoms with Crippen LogP contribution in [-0.4, -0.2) is 10.1 Å². The first-order valence-corrected chi connectivity index (χ1v) is 8.43. The van der Waals surface area contributed by atoms with Crippen molar-refractivity contribution in [2.24, 2.45) is 0 Å². The van der Waals surface area contributed by atoms with Gasteiger partial charge in [0, 0.05) is 11.6 Å². The van der Waals surface area contributed by atoms with Crippen molar-refractivity contribution < 1.29 is 55.9 Å². The Morgan fingerprint density at radius 3 is 2.30 bits per heavy atom. The van der Waals surface area contributed by atoms with Gasteiger partial charge in [-0.05, 0) is 22.6 Å². The smallest absolute Gasteiger partial charge is 0.470 e. The molecule has 0 radical (unpaired) electrons. The van der Waals surface area contributed by atoms with E-state index in [1.54, 1.807) is 6.07 Å². The summed E-state index contributed by atoms with van der Waals surface area (Å²) in [6.07, 6.45) is 4.50. The Morgan fingerprint density at radius 1 is 1.00 bits per heavy atom. The Kier molecular flexibility index (Phi) is 8.19. The first kappa shape index (κ1) is 21.8. The molecule has 0 aliphatic heterocycles. The Hall–Kier alpha value is -1.50. The largest absolute Gasteiger partial charge is 1.00 e. The van der Waals surface area contributed by atoms with E-state index in [0.29, 0.717) is 0 Å². The molecule has 27 heavy (non-hydrogen) atoms. The number of nitrogens with zero attached hydrogens (tertiary/aromatic N) is 2. The van der Waals surface area contributed by atoms with Gasteiger partial charge in [-0.15, -0.1) is 18.3 Å². The van der Waals surface area contributed by atoms with Gasteiger partial charge in [0.2, 0.25) is 0 Å². The maximum absolute atomic E-state index is 4.89. The number of hydrogen-bond donors (Lipinski definition) is 1. The average molecular weight is 383 g/mol. The summed E-state index contributed by atoms with van der Waals surface area (Å²) in [6.45, 7) is 6.21. The summed E-state index contributed by atoms with van der Waals surface area (Å²) in [5.74, 6) is 1.73. The van der Waals surface area contributed by atoms with Gasteiger partial charge in [-0.2, -0.15) is 24.3 Å². The Bertz CT molecular complexity index is 948. The summed E-state index contributed by atoms with van der Waals surface area (Å²) in [4.78, 5) is 4.38. The van der Waals surface area contributed by atoms with Gasteiger partial charge in [-0.3, -0.25) is 0 Å². The van der Waals surface area contributed by atoms with Crippen molar-refractivity contribution in [3.05, 3.63) is 84.9 Å². The van der Waals surface area contributed by atoms with Crippen LogP contribution in [0.4, 0.5) is 11.5 Å². The van der Waals surface area contributed by atoms with Gasteiger partial charge in [-0.25, -0.2) is 10.1 Å². The number of benzene rings is 2. The summed E-state index contributed by atoms with van der Waals surface area (Å²) in [5, 5.41) is 9.09. The minimum Gasteiger partial charge on any atom is -0.470 e. The first-order valence-electron chi connectivity index (χ1n) is 8.43. The van der Waals surface area contributed by atoms with Gasteiger partial charge in [0.1, 0.15) is 5.82 Å². The maximum Gasteiger partial charge on any atom is 1.00 e. The van der Waals surface area contributed by atoms with Gasteiger partial charge in [0.15, 0.2) is 0 Å². The predicted octanol–water partition coefficient (Wildman–Crippen LogP) is 2.55. The number of fused-ring (bicyclic) bond motifs is 1. The summed E-state index contributed by atoms with van der Waals surface area (Å²) in [7, 11) is 0. The number of hydrogen-bond acceptors (Lipinski definition) is 4. The summed E-state index contributed by atoms with van der Waals surface area (Å²) in [6, 6.07) is 22.7. The van der Waals surface area contributed by atoms with E-state index in [1.165, 1.54) is 5.39 Å². The van der Waals surface area contributed by atoms with E-state index in [4.69, 9.17) is 4.52 Å². The van der Waals surface area contributed by atoms with Gasteiger partial charge in [0.05, 0.1) is 0 Å². The topological polar surface area (TPSA) is 51.0 Å². The molecule has 0 amide bonds. The number of rotatable bonds is 2. The molecule has 0 atom stereocenters. The van der Waals surface area contributed by atoms with Crippen LogP contribution in [0.3, 0.4) is 0 Å². The van der Waals surface area contributed by atoms with E-state index in [0.717, 1.165) is 22.7 Å². The first-order chi connectivity index (χ1) is 12.5. The fourth-order valence-electron chi connectivity index (χ4n) is 2.31. The minimum atomic E-state index is 0. The molecule has 4 aromatic rings. The normalized spacial score (nSPS) is 10.5. The third kappa shape index (κ3) is 6.55. The second kappa shape index (κ2) is 10.2. The fourth-order valence-corrected chi connectivity index (χ4v) is 2.31. The van der Waals surface area contributed by atoms with Crippen molar-refractivity contribution in [1.82, 2.24) is 10.1 Å². The molecule has 0 aliphatic rings. The monoisotopic (exact) mass is 382 g/mol. The van der Waals surface area contributed by atoms with Gasteiger partial charge in [-0.1, -0.05) is 50.7 Å². The standard InChI is InChI=1S/C15H11N2.C7H10NO.K/c1-2-8-14(9-3-1)17-15-10-12-6-4-5-7-13(12)11-16-15;1-7(2,3)6-4-5-8-9-6;/h2-11H,(H,16,17);4H,1-3H3;/q2*-1;+1. The van der Waals surface area contributed by atoms with E-state index >= 15 is 0 Å². The van der Waals surface area contributed by atoms with E-state index in [-0.39, 0.29) is 56.8 Å². The minimum absolute atomic E-state index is 0. The van der Waals surface area contributed by atoms with Crippen molar-refractivity contribution >= 4 is 22.3 Å². The molecule has 4 nitrogen and oxygen atoms in total. The van der Waals surface area contributed by atoms with Crippen LogP contribution in [0.5, 0.6) is 0 Å². The molecule has 132 valence electrons. The van der Waals surface area contributed by atoms with Gasteiger partial charge < -0.3 is 9.84 Å². The van der Waals surface area contributed by atoms with Crippen LogP contribution < -0.4 is 56.7 Å². The molecule has 4 rings (SSSR count). The quantitative estimate of drug-likeness (QED) is 0.428. The molecular weight excluding hydrogens is 361 g/mol. The molecule has 0 saturated carbocycles. The number of pyridine rings is 1. The van der Waals surface area contributed by atoms with E-state index in [2.05, 4.69) is 60.6 Å². The van der Waals surface area contributed by atoms with Crippen LogP contribution in [-0.2, 0) is 5.41 Å². The van der Waals surface area contributed by atoms with Crippen molar-refractivity contribution in [2.45, 2.75) is 26.2 Å². The van der Waals surface area contributed by atoms with Crippen molar-refractivity contribution in [3.8, 4) is 0 Å². The molecule has 2 aromatic heterocycles. The molecule has 2 aromatic carbocycles. The third-order valence-corrected chi connectivity index (χ3v) is 3.75. The number of nitrogens with one attached hydrogen (secondary N) is 1. The second-order valence-electron chi connectivity index (χ2n) is 6.90. The van der Waals surface area contributed by atoms with Crippen molar-refractivity contribution in [1.29, 1.82) is 0 Å². The van der Waals surface area contributed by atoms with E-state index in [1.807, 2.05) is 48.7 Å². The Labute approximate surface area is 202 Å². The van der Waals surface area contributed by atoms with Gasteiger partial charge in [0.25, 0.3) is 0 Å². The van der Waals surface area contributed by atoms with Crippen LogP contribution in [0.1, 0.15) is 26.5 Å². The van der Waals surface area contributed by atoms with Gasteiger partial charge >= 0.3 is 51.4 Å². The zero-order chi connectivity index (χ0) is 18.4. The molecule has 0 spiro atoms. The second-order valence-corrected chi connectivity index (χ2v) is 6.90. The molecule has 0 fully saturated rings. The van der Waals surface area contributed by atoms with Crippen molar-refractivity contribution in [3.63, 3.8) is 0 Å². The summed E-state index contributed by atoms with van der Waals surface area (Å²) >= 11 is 0. The molecule has 0 saturated heterocycles. The molecule has 0 unspecified atom stereocenters. The number of anilines is 2. The summed E-state index contributed by atoms with van der Waals surface area (Å²) < 4.78 is 4.89. The van der Waals surface area contributed by atoms with Crippen LogP contribution in [0, 0.1) is 12.3 Å². The molecule has 1 N–H and O–H groups in total. The maximum atomic E-state index is 4.89. The molecule has 0 aliphatic carbocycles. The summed E-state index contributed by atoms with van der Waals surface area (Å²) in [5.41, 5.74) is 1.08. The Balaban J connectivity index is 0.000000224. The predicted molar refractivity (Wildman–Crippen MR) is 104 cm³/mol. The zero-order valence-electron chi connectivity index (χ0n) is 16.2. The van der Waals surface area contributed by atoms with E-state index in [9.17, 15) is 0 Å². The van der Waals surface area contributed by atoms with Crippen LogP contribution in [0.2, 0.25) is 0 Å². The van der Waals surface area contributed by atoms with Crippen LogP contribution in [0.15, 0.2) is 71.4 Å². The van der Waals surface area contributed by atoms with Crippen molar-refractivity contribution in [2.75, 3.05) is 5.32 Å². The number of aromatic nitrogens is 2. The van der Waals surface area contributed by atoms with Crippen LogP contribution in [0.25, 0.3) is 10.8 Å². The SMILES string of the molecule is CC(C)(C)c1c[c-]no1.[K+].[c-]1ccc(Nc2cc3ccccc3cn2)cc1. The molecule has 2 heterocycles. The molecule has 5 heteroatoms. The van der Waals surface area contributed by atoms with E-state index < -0.39 is 0 Å². The fraction of sp³-hybridized carbons (Fsp3) is 0.182.